The van der Waals surface area contributed by atoms with E-state index in [0.29, 0.717) is 0 Å². The summed E-state index contributed by atoms with van der Waals surface area (Å²) in [6.45, 7) is 5.44. The van der Waals surface area contributed by atoms with Crippen LogP contribution < -0.4 is 15.2 Å². The zero-order valence-corrected chi connectivity index (χ0v) is 13.5. The van der Waals surface area contributed by atoms with E-state index in [1.54, 1.807) is 14.2 Å². The molecular weight excluding hydrogens is 264 g/mol. The van der Waals surface area contributed by atoms with Gasteiger partial charge in [0.1, 0.15) is 0 Å². The van der Waals surface area contributed by atoms with Crippen LogP contribution >= 0.6 is 0 Å². The van der Waals surface area contributed by atoms with Crippen molar-refractivity contribution in [2.45, 2.75) is 32.2 Å². The minimum Gasteiger partial charge on any atom is -0.493 e. The van der Waals surface area contributed by atoms with Gasteiger partial charge in [-0.15, -0.1) is 0 Å². The topological polar surface area (TPSA) is 47.7 Å². The molecule has 1 aliphatic rings. The highest BCUT2D eigenvalue weighted by molar-refractivity contribution is 5.43. The third kappa shape index (κ3) is 4.61. The molecule has 4 heteroatoms. The normalized spacial score (nSPS) is 16.0. The van der Waals surface area contributed by atoms with Gasteiger partial charge < -0.3 is 20.1 Å². The van der Waals surface area contributed by atoms with Crippen molar-refractivity contribution in [1.29, 1.82) is 0 Å². The number of rotatable bonds is 9. The van der Waals surface area contributed by atoms with Crippen molar-refractivity contribution in [1.82, 2.24) is 4.90 Å². The molecule has 0 spiro atoms. The van der Waals surface area contributed by atoms with Gasteiger partial charge in [0.15, 0.2) is 11.5 Å². The van der Waals surface area contributed by atoms with E-state index in [1.807, 2.05) is 18.2 Å². The molecule has 0 heterocycles. The molecule has 0 radical (unpaired) electrons. The van der Waals surface area contributed by atoms with Crippen LogP contribution in [0.2, 0.25) is 0 Å². The molecule has 1 aromatic rings. The monoisotopic (exact) mass is 292 g/mol. The largest absolute Gasteiger partial charge is 0.493 e. The van der Waals surface area contributed by atoms with E-state index in [-0.39, 0.29) is 6.04 Å². The lowest BCUT2D eigenvalue weighted by molar-refractivity contribution is 0.247. The third-order valence-electron chi connectivity index (χ3n) is 4.04. The molecule has 1 atom stereocenters. The predicted molar refractivity (Wildman–Crippen MR) is 85.9 cm³/mol. The summed E-state index contributed by atoms with van der Waals surface area (Å²) in [5.41, 5.74) is 7.50. The molecule has 0 bridgehead atoms. The minimum absolute atomic E-state index is 0.00936. The Balaban J connectivity index is 2.01. The van der Waals surface area contributed by atoms with Crippen LogP contribution in [0, 0.1) is 5.92 Å². The smallest absolute Gasteiger partial charge is 0.161 e. The molecule has 0 saturated heterocycles. The summed E-state index contributed by atoms with van der Waals surface area (Å²) in [5, 5.41) is 0. The van der Waals surface area contributed by atoms with Gasteiger partial charge in [-0.2, -0.15) is 0 Å². The van der Waals surface area contributed by atoms with Gasteiger partial charge in [-0.05, 0) is 49.4 Å². The van der Waals surface area contributed by atoms with E-state index in [9.17, 15) is 0 Å². The van der Waals surface area contributed by atoms with Crippen molar-refractivity contribution in [3.8, 4) is 11.5 Å². The Kier molecular flexibility index (Phi) is 5.88. The maximum absolute atomic E-state index is 6.40. The SMILES string of the molecule is CCCN(CC1CC1)CC(N)c1ccc(OC)c(OC)c1. The van der Waals surface area contributed by atoms with Gasteiger partial charge in [-0.1, -0.05) is 13.0 Å². The first kappa shape index (κ1) is 16.1. The molecule has 0 aliphatic heterocycles. The second-order valence-electron chi connectivity index (χ2n) is 5.92. The summed E-state index contributed by atoms with van der Waals surface area (Å²) < 4.78 is 10.6. The zero-order chi connectivity index (χ0) is 15.2. The second-order valence-corrected chi connectivity index (χ2v) is 5.92. The van der Waals surface area contributed by atoms with Gasteiger partial charge in [0.2, 0.25) is 0 Å². The fraction of sp³-hybridized carbons (Fsp3) is 0.647. The van der Waals surface area contributed by atoms with E-state index in [2.05, 4.69) is 11.8 Å². The molecule has 118 valence electrons. The molecule has 1 saturated carbocycles. The van der Waals surface area contributed by atoms with E-state index >= 15 is 0 Å². The zero-order valence-electron chi connectivity index (χ0n) is 13.5. The van der Waals surface area contributed by atoms with Crippen molar-refractivity contribution in [3.05, 3.63) is 23.8 Å². The third-order valence-corrected chi connectivity index (χ3v) is 4.04. The van der Waals surface area contributed by atoms with Crippen LogP contribution in [0.25, 0.3) is 0 Å². The fourth-order valence-corrected chi connectivity index (χ4v) is 2.71. The van der Waals surface area contributed by atoms with Crippen LogP contribution in [0.5, 0.6) is 11.5 Å². The lowest BCUT2D eigenvalue weighted by Crippen LogP contribution is -2.34. The molecular formula is C17H28N2O2. The van der Waals surface area contributed by atoms with Crippen LogP contribution in [0.4, 0.5) is 0 Å². The molecule has 0 amide bonds. The quantitative estimate of drug-likeness (QED) is 0.760. The van der Waals surface area contributed by atoms with Gasteiger partial charge in [-0.25, -0.2) is 0 Å². The summed E-state index contributed by atoms with van der Waals surface area (Å²) >= 11 is 0. The number of nitrogens with zero attached hydrogens (tertiary/aromatic N) is 1. The van der Waals surface area contributed by atoms with E-state index in [0.717, 1.165) is 36.1 Å². The van der Waals surface area contributed by atoms with Crippen LogP contribution in [-0.4, -0.2) is 38.8 Å². The maximum Gasteiger partial charge on any atom is 0.161 e. The van der Waals surface area contributed by atoms with Crippen molar-refractivity contribution in [2.75, 3.05) is 33.9 Å². The van der Waals surface area contributed by atoms with E-state index < -0.39 is 0 Å². The van der Waals surface area contributed by atoms with E-state index in [1.165, 1.54) is 25.8 Å². The number of hydrogen-bond donors (Lipinski definition) is 1. The van der Waals surface area contributed by atoms with Crippen LogP contribution in [0.3, 0.4) is 0 Å². The van der Waals surface area contributed by atoms with Gasteiger partial charge in [0.05, 0.1) is 14.2 Å². The number of benzene rings is 1. The lowest BCUT2D eigenvalue weighted by atomic mass is 10.1. The molecule has 0 aromatic heterocycles. The Morgan fingerprint density at radius 1 is 1.24 bits per heavy atom. The lowest BCUT2D eigenvalue weighted by Gasteiger charge is -2.25. The van der Waals surface area contributed by atoms with Crippen LogP contribution in [0.1, 0.15) is 37.8 Å². The van der Waals surface area contributed by atoms with Gasteiger partial charge in [-0.3, -0.25) is 0 Å². The first-order valence-electron chi connectivity index (χ1n) is 7.87. The average molecular weight is 292 g/mol. The molecule has 2 rings (SSSR count). The Bertz CT molecular complexity index is 446. The molecule has 21 heavy (non-hydrogen) atoms. The van der Waals surface area contributed by atoms with E-state index in [4.69, 9.17) is 15.2 Å². The summed E-state index contributed by atoms with van der Waals surface area (Å²) in [6, 6.07) is 5.96. The standard InChI is InChI=1S/C17H28N2O2/c1-4-9-19(11-13-5-6-13)12-15(18)14-7-8-16(20-2)17(10-14)21-3/h7-8,10,13,15H,4-6,9,11-12,18H2,1-3H3. The number of nitrogens with two attached hydrogens (primary N) is 1. The fourth-order valence-electron chi connectivity index (χ4n) is 2.71. The van der Waals surface area contributed by atoms with Crippen molar-refractivity contribution >= 4 is 0 Å². The summed E-state index contributed by atoms with van der Waals surface area (Å²) in [4.78, 5) is 2.50. The van der Waals surface area contributed by atoms with Crippen molar-refractivity contribution in [3.63, 3.8) is 0 Å². The minimum atomic E-state index is 0.00936. The highest BCUT2D eigenvalue weighted by Crippen LogP contribution is 2.32. The second kappa shape index (κ2) is 7.66. The highest BCUT2D eigenvalue weighted by Gasteiger charge is 2.25. The predicted octanol–water partition coefficient (Wildman–Crippen LogP) is 2.83. The Hall–Kier alpha value is -1.26. The summed E-state index contributed by atoms with van der Waals surface area (Å²) in [5.74, 6) is 2.39. The van der Waals surface area contributed by atoms with Crippen molar-refractivity contribution < 1.29 is 9.47 Å². The Labute approximate surface area is 128 Å². The molecule has 4 nitrogen and oxygen atoms in total. The molecule has 1 unspecified atom stereocenters. The number of hydrogen-bond acceptors (Lipinski definition) is 4. The summed E-state index contributed by atoms with van der Waals surface area (Å²) in [7, 11) is 3.31. The number of methoxy groups -OCH3 is 2. The van der Waals surface area contributed by atoms with Gasteiger partial charge in [0, 0.05) is 19.1 Å². The van der Waals surface area contributed by atoms with Crippen LogP contribution in [-0.2, 0) is 0 Å². The van der Waals surface area contributed by atoms with Gasteiger partial charge in [0.25, 0.3) is 0 Å². The van der Waals surface area contributed by atoms with Gasteiger partial charge >= 0.3 is 0 Å². The molecule has 1 fully saturated rings. The Morgan fingerprint density at radius 2 is 1.95 bits per heavy atom. The average Bonchev–Trinajstić information content (AvgIpc) is 3.30. The summed E-state index contributed by atoms with van der Waals surface area (Å²) in [6.07, 6.45) is 3.93. The molecule has 1 aromatic carbocycles. The first-order chi connectivity index (χ1) is 10.2. The molecule has 1 aliphatic carbocycles. The Morgan fingerprint density at radius 3 is 2.52 bits per heavy atom. The highest BCUT2D eigenvalue weighted by atomic mass is 16.5. The molecule has 2 N–H and O–H groups in total. The first-order valence-corrected chi connectivity index (χ1v) is 7.87. The van der Waals surface area contributed by atoms with Crippen LogP contribution in [0.15, 0.2) is 18.2 Å². The van der Waals surface area contributed by atoms with Crippen molar-refractivity contribution in [2.24, 2.45) is 11.7 Å². The number of ether oxygens (including phenoxy) is 2. The maximum atomic E-state index is 6.40.